The van der Waals surface area contributed by atoms with E-state index in [0.29, 0.717) is 16.7 Å². The first kappa shape index (κ1) is 21.6. The van der Waals surface area contributed by atoms with Crippen LogP contribution in [0.25, 0.3) is 10.9 Å². The molecule has 0 amide bonds. The van der Waals surface area contributed by atoms with Crippen molar-refractivity contribution in [1.82, 2.24) is 9.97 Å². The van der Waals surface area contributed by atoms with Gasteiger partial charge in [0.1, 0.15) is 5.82 Å². The van der Waals surface area contributed by atoms with Gasteiger partial charge in [-0.05, 0) is 43.0 Å². The summed E-state index contributed by atoms with van der Waals surface area (Å²) in [5.41, 5.74) is -2.63. The smallest absolute Gasteiger partial charge is 0.419 e. The maximum absolute atomic E-state index is 14.2. The van der Waals surface area contributed by atoms with Crippen molar-refractivity contribution in [2.45, 2.75) is 44.0 Å². The normalized spacial score (nSPS) is 23.6. The van der Waals surface area contributed by atoms with Gasteiger partial charge in [-0.2, -0.15) is 13.2 Å². The Morgan fingerprint density at radius 1 is 1.29 bits per heavy atom. The van der Waals surface area contributed by atoms with Gasteiger partial charge in [-0.1, -0.05) is 24.6 Å². The molecule has 0 saturated carbocycles. The van der Waals surface area contributed by atoms with Crippen molar-refractivity contribution in [3.05, 3.63) is 58.3 Å². The number of aliphatic hydroxyl groups is 1. The second kappa shape index (κ2) is 7.20. The maximum atomic E-state index is 14.2. The Kier molecular flexibility index (Phi) is 5.01. The largest absolute Gasteiger partial charge is 0.505 e. The van der Waals surface area contributed by atoms with Gasteiger partial charge in [-0.25, -0.2) is 14.4 Å². The molecule has 0 bridgehead atoms. The third kappa shape index (κ3) is 3.36. The lowest BCUT2D eigenvalue weighted by Gasteiger charge is -2.45. The number of phenols is 1. The number of fused-ring (bicyclic) bond motifs is 2. The lowest BCUT2D eigenvalue weighted by atomic mass is 9.70. The SMILES string of the molecule is Cc1ncc2c(NC3c4cc(Cl)c(F)c(O)c4[C@H](C)C[C@]3(O)C(F)(F)F)cccc2n1. The molecule has 1 aromatic heterocycles. The monoisotopic (exact) mass is 455 g/mol. The average molecular weight is 456 g/mol. The summed E-state index contributed by atoms with van der Waals surface area (Å²) in [6.45, 7) is 3.06. The number of aryl methyl sites for hydroxylation is 1. The quantitative estimate of drug-likeness (QED) is 0.451. The topological polar surface area (TPSA) is 78.3 Å². The summed E-state index contributed by atoms with van der Waals surface area (Å²) in [5.74, 6) is -2.43. The minimum absolute atomic E-state index is 0.0272. The lowest BCUT2D eigenvalue weighted by molar-refractivity contribution is -0.272. The summed E-state index contributed by atoms with van der Waals surface area (Å²) in [6, 6.07) is 4.06. The molecule has 2 aromatic carbocycles. The number of nitrogens with one attached hydrogen (secondary N) is 1. The molecule has 164 valence electrons. The molecule has 1 heterocycles. The molecular weight excluding hydrogens is 438 g/mol. The first-order chi connectivity index (χ1) is 14.4. The molecule has 0 spiro atoms. The maximum Gasteiger partial charge on any atom is 0.419 e. The van der Waals surface area contributed by atoms with Crippen LogP contribution in [0.5, 0.6) is 5.75 Å². The third-order valence-corrected chi connectivity index (χ3v) is 5.98. The first-order valence-electron chi connectivity index (χ1n) is 9.43. The molecular formula is C21H18ClF4N3O2. The average Bonchev–Trinajstić information content (AvgIpc) is 2.67. The van der Waals surface area contributed by atoms with Gasteiger partial charge in [0, 0.05) is 22.8 Å². The summed E-state index contributed by atoms with van der Waals surface area (Å²) in [5, 5.41) is 23.8. The van der Waals surface area contributed by atoms with Crippen LogP contribution in [-0.4, -0.2) is 32.0 Å². The number of aromatic nitrogens is 2. The molecule has 0 fully saturated rings. The van der Waals surface area contributed by atoms with Gasteiger partial charge in [-0.3, -0.25) is 0 Å². The number of alkyl halides is 3. The molecule has 0 aliphatic heterocycles. The van der Waals surface area contributed by atoms with E-state index in [1.807, 2.05) is 0 Å². The van der Waals surface area contributed by atoms with Crippen LogP contribution >= 0.6 is 11.6 Å². The lowest BCUT2D eigenvalue weighted by Crippen LogP contribution is -2.55. The van der Waals surface area contributed by atoms with Crippen molar-refractivity contribution >= 4 is 28.2 Å². The number of hydrogen-bond donors (Lipinski definition) is 3. The molecule has 31 heavy (non-hydrogen) atoms. The Morgan fingerprint density at radius 2 is 2.00 bits per heavy atom. The second-order valence-corrected chi connectivity index (χ2v) is 8.19. The Bertz CT molecular complexity index is 1190. The minimum atomic E-state index is -5.02. The van der Waals surface area contributed by atoms with E-state index in [2.05, 4.69) is 15.3 Å². The number of aromatic hydroxyl groups is 1. The zero-order chi connectivity index (χ0) is 22.7. The van der Waals surface area contributed by atoms with Crippen LogP contribution in [0.1, 0.15) is 42.3 Å². The molecule has 0 saturated heterocycles. The number of phenolic OH excluding ortho intramolecular Hbond substituents is 1. The number of halogens is 5. The van der Waals surface area contributed by atoms with E-state index in [0.717, 1.165) is 6.07 Å². The Morgan fingerprint density at radius 3 is 2.68 bits per heavy atom. The number of anilines is 1. The van der Waals surface area contributed by atoms with E-state index in [1.165, 1.54) is 19.2 Å². The van der Waals surface area contributed by atoms with Crippen LogP contribution in [0.3, 0.4) is 0 Å². The number of rotatable bonds is 2. The minimum Gasteiger partial charge on any atom is -0.505 e. The van der Waals surface area contributed by atoms with E-state index in [4.69, 9.17) is 11.6 Å². The van der Waals surface area contributed by atoms with Gasteiger partial charge < -0.3 is 15.5 Å². The highest BCUT2D eigenvalue weighted by atomic mass is 35.5. The van der Waals surface area contributed by atoms with Crippen molar-refractivity contribution in [1.29, 1.82) is 0 Å². The standard InChI is InChI=1S/C21H18ClF4N3O2/c1-9-7-20(31,21(24,25)26)19(11-6-13(22)17(23)18(30)16(9)11)29-15-5-3-4-14-12(15)8-27-10(2)28-14/h3-6,8-9,19,29-31H,7H2,1-2H3/t9-,19?,20-/m1/s1. The van der Waals surface area contributed by atoms with Gasteiger partial charge in [0.05, 0.1) is 16.6 Å². The van der Waals surface area contributed by atoms with Gasteiger partial charge in [0.15, 0.2) is 17.2 Å². The first-order valence-corrected chi connectivity index (χ1v) is 9.80. The van der Waals surface area contributed by atoms with E-state index in [-0.39, 0.29) is 16.8 Å². The molecule has 4 rings (SSSR count). The van der Waals surface area contributed by atoms with Crippen molar-refractivity contribution in [3.8, 4) is 5.75 Å². The number of nitrogens with zero attached hydrogens (tertiary/aromatic N) is 2. The highest BCUT2D eigenvalue weighted by Crippen LogP contribution is 2.55. The van der Waals surface area contributed by atoms with E-state index in [9.17, 15) is 27.8 Å². The van der Waals surface area contributed by atoms with Gasteiger partial charge in [0.25, 0.3) is 0 Å². The Hall–Kier alpha value is -2.65. The van der Waals surface area contributed by atoms with Gasteiger partial charge in [-0.15, -0.1) is 0 Å². The number of benzene rings is 2. The molecule has 3 N–H and O–H groups in total. The number of hydrogen-bond acceptors (Lipinski definition) is 5. The molecule has 1 unspecified atom stereocenters. The van der Waals surface area contributed by atoms with Crippen LogP contribution in [-0.2, 0) is 0 Å². The van der Waals surface area contributed by atoms with Gasteiger partial charge >= 0.3 is 6.18 Å². The molecule has 0 radical (unpaired) electrons. The van der Waals surface area contributed by atoms with Crippen molar-refractivity contribution in [3.63, 3.8) is 0 Å². The molecule has 3 atom stereocenters. The summed E-state index contributed by atoms with van der Waals surface area (Å²) in [6.07, 6.45) is -4.34. The highest BCUT2D eigenvalue weighted by molar-refractivity contribution is 6.31. The van der Waals surface area contributed by atoms with Crippen LogP contribution in [0, 0.1) is 12.7 Å². The fourth-order valence-electron chi connectivity index (χ4n) is 4.25. The molecule has 3 aromatic rings. The molecule has 1 aliphatic carbocycles. The molecule has 5 nitrogen and oxygen atoms in total. The Balaban J connectivity index is 1.95. The van der Waals surface area contributed by atoms with Crippen molar-refractivity contribution < 1.29 is 27.8 Å². The Labute approximate surface area is 179 Å². The second-order valence-electron chi connectivity index (χ2n) is 7.78. The van der Waals surface area contributed by atoms with Crippen LogP contribution < -0.4 is 5.32 Å². The van der Waals surface area contributed by atoms with Crippen molar-refractivity contribution in [2.75, 3.05) is 5.32 Å². The van der Waals surface area contributed by atoms with E-state index in [1.54, 1.807) is 19.1 Å². The zero-order valence-corrected chi connectivity index (χ0v) is 17.2. The van der Waals surface area contributed by atoms with Crippen molar-refractivity contribution in [2.24, 2.45) is 0 Å². The predicted octanol–water partition coefficient (Wildman–Crippen LogP) is 5.39. The summed E-state index contributed by atoms with van der Waals surface area (Å²) in [7, 11) is 0. The van der Waals surface area contributed by atoms with E-state index < -0.39 is 46.7 Å². The van der Waals surface area contributed by atoms with E-state index >= 15 is 0 Å². The zero-order valence-electron chi connectivity index (χ0n) is 16.4. The summed E-state index contributed by atoms with van der Waals surface area (Å²) >= 11 is 5.84. The summed E-state index contributed by atoms with van der Waals surface area (Å²) < 4.78 is 56.5. The van der Waals surface area contributed by atoms with Crippen LogP contribution in [0.15, 0.2) is 30.5 Å². The van der Waals surface area contributed by atoms with Crippen LogP contribution in [0.2, 0.25) is 5.02 Å². The fourth-order valence-corrected chi connectivity index (χ4v) is 4.46. The van der Waals surface area contributed by atoms with Gasteiger partial charge in [0.2, 0.25) is 0 Å². The van der Waals surface area contributed by atoms with Crippen LogP contribution in [0.4, 0.5) is 23.2 Å². The summed E-state index contributed by atoms with van der Waals surface area (Å²) in [4.78, 5) is 8.36. The molecule has 1 aliphatic rings. The fraction of sp³-hybridized carbons (Fsp3) is 0.333. The predicted molar refractivity (Wildman–Crippen MR) is 108 cm³/mol. The molecule has 10 heteroatoms. The highest BCUT2D eigenvalue weighted by Gasteiger charge is 2.62. The third-order valence-electron chi connectivity index (χ3n) is 5.70.